The Labute approximate surface area is 152 Å². The zero-order chi connectivity index (χ0) is 18.8. The fourth-order valence-corrected chi connectivity index (χ4v) is 2.98. The molecular weight excluding hydrogens is 340 g/mol. The summed E-state index contributed by atoms with van der Waals surface area (Å²) in [5, 5.41) is 12.3. The molecule has 0 unspecified atom stereocenters. The summed E-state index contributed by atoms with van der Waals surface area (Å²) in [6.07, 6.45) is 2.07. The number of rotatable bonds is 4. The second-order valence-corrected chi connectivity index (χ2v) is 7.08. The molecule has 0 atom stereocenters. The van der Waals surface area contributed by atoms with Gasteiger partial charge in [0.05, 0.1) is 16.8 Å². The van der Waals surface area contributed by atoms with E-state index in [-0.39, 0.29) is 21.7 Å². The molecule has 0 spiro atoms. The zero-order valence-corrected chi connectivity index (χ0v) is 15.4. The van der Waals surface area contributed by atoms with Crippen molar-refractivity contribution in [1.82, 2.24) is 4.98 Å². The van der Waals surface area contributed by atoms with E-state index in [4.69, 9.17) is 11.6 Å². The number of carbonyl (C=O) groups excluding carboxylic acids is 1. The van der Waals surface area contributed by atoms with Crippen molar-refractivity contribution < 1.29 is 14.7 Å². The molecule has 2 N–H and O–H groups in total. The molecule has 2 rings (SSSR count). The van der Waals surface area contributed by atoms with Crippen LogP contribution in [0.2, 0.25) is 5.15 Å². The van der Waals surface area contributed by atoms with Crippen molar-refractivity contribution in [3.05, 3.63) is 57.9 Å². The number of hydrogen-bond acceptors (Lipinski definition) is 3. The molecule has 1 aromatic heterocycles. The van der Waals surface area contributed by atoms with Crippen LogP contribution < -0.4 is 5.32 Å². The number of carboxylic acids is 1. The lowest BCUT2D eigenvalue weighted by molar-refractivity contribution is 0.0698. The van der Waals surface area contributed by atoms with Crippen LogP contribution in [-0.4, -0.2) is 22.0 Å². The highest BCUT2D eigenvalue weighted by Gasteiger charge is 2.25. The molecule has 1 heterocycles. The zero-order valence-electron chi connectivity index (χ0n) is 14.7. The number of aromatic nitrogens is 1. The molecule has 0 saturated heterocycles. The average molecular weight is 361 g/mol. The molecule has 0 bridgehead atoms. The van der Waals surface area contributed by atoms with Crippen LogP contribution in [-0.2, 0) is 11.8 Å². The van der Waals surface area contributed by atoms with Crippen LogP contribution >= 0.6 is 11.6 Å². The van der Waals surface area contributed by atoms with Gasteiger partial charge in [0, 0.05) is 6.20 Å². The number of carboxylic acid groups (broad SMARTS) is 1. The number of benzene rings is 1. The maximum atomic E-state index is 12.6. The normalized spacial score (nSPS) is 11.2. The van der Waals surface area contributed by atoms with Crippen LogP contribution in [0.15, 0.2) is 30.5 Å². The van der Waals surface area contributed by atoms with Crippen molar-refractivity contribution in [3.63, 3.8) is 0 Å². The minimum Gasteiger partial charge on any atom is -0.478 e. The van der Waals surface area contributed by atoms with Crippen LogP contribution in [0.3, 0.4) is 0 Å². The predicted octanol–water partition coefficient (Wildman–Crippen LogP) is 4.55. The molecule has 132 valence electrons. The molecule has 6 heteroatoms. The second-order valence-electron chi connectivity index (χ2n) is 6.72. The second kappa shape index (κ2) is 7.23. The van der Waals surface area contributed by atoms with E-state index in [9.17, 15) is 14.7 Å². The number of aromatic carboxylic acids is 1. The van der Waals surface area contributed by atoms with Crippen molar-refractivity contribution in [3.8, 4) is 0 Å². The number of amides is 1. The van der Waals surface area contributed by atoms with Crippen LogP contribution in [0, 0.1) is 0 Å². The van der Waals surface area contributed by atoms with Gasteiger partial charge in [-0.1, -0.05) is 45.4 Å². The first-order valence-corrected chi connectivity index (χ1v) is 8.36. The van der Waals surface area contributed by atoms with Gasteiger partial charge in [0.15, 0.2) is 0 Å². The summed E-state index contributed by atoms with van der Waals surface area (Å²) in [7, 11) is 0. The molecule has 0 saturated carbocycles. The van der Waals surface area contributed by atoms with Gasteiger partial charge in [-0.3, -0.25) is 4.79 Å². The van der Waals surface area contributed by atoms with E-state index in [0.29, 0.717) is 12.1 Å². The van der Waals surface area contributed by atoms with Crippen LogP contribution in [0.5, 0.6) is 0 Å². The topological polar surface area (TPSA) is 79.3 Å². The van der Waals surface area contributed by atoms with E-state index in [1.165, 1.54) is 12.3 Å². The Balaban J connectivity index is 2.60. The maximum Gasteiger partial charge on any atom is 0.337 e. The summed E-state index contributed by atoms with van der Waals surface area (Å²) < 4.78 is 0. The Kier molecular flexibility index (Phi) is 5.48. The first-order valence-electron chi connectivity index (χ1n) is 7.98. The number of hydrogen-bond donors (Lipinski definition) is 2. The minimum atomic E-state index is -1.09. The quantitative estimate of drug-likeness (QED) is 0.784. The fraction of sp³-hybridized carbons (Fsp3) is 0.316. The third-order valence-corrected chi connectivity index (χ3v) is 4.25. The van der Waals surface area contributed by atoms with Crippen molar-refractivity contribution in [1.29, 1.82) is 0 Å². The van der Waals surface area contributed by atoms with Gasteiger partial charge in [0.2, 0.25) is 0 Å². The number of nitrogens with zero attached hydrogens (tertiary/aromatic N) is 1. The van der Waals surface area contributed by atoms with Gasteiger partial charge in [0.25, 0.3) is 5.91 Å². The van der Waals surface area contributed by atoms with Crippen molar-refractivity contribution in [2.75, 3.05) is 5.32 Å². The highest BCUT2D eigenvalue weighted by atomic mass is 35.5. The van der Waals surface area contributed by atoms with Crippen molar-refractivity contribution in [2.45, 2.75) is 39.5 Å². The molecule has 2 aromatic rings. The van der Waals surface area contributed by atoms with Gasteiger partial charge in [0.1, 0.15) is 5.15 Å². The van der Waals surface area contributed by atoms with Gasteiger partial charge < -0.3 is 10.4 Å². The first-order chi connectivity index (χ1) is 11.7. The van der Waals surface area contributed by atoms with E-state index in [2.05, 4.69) is 10.3 Å². The van der Waals surface area contributed by atoms with E-state index in [1.807, 2.05) is 33.8 Å². The lowest BCUT2D eigenvalue weighted by Crippen LogP contribution is -2.21. The standard InChI is InChI=1S/C19H21ClN2O3/c1-5-11-14(19(2,3)4)9-8-12(18(24)25)15(11)22-17(23)13-7-6-10-21-16(13)20/h6-10H,5H2,1-4H3,(H,22,23)(H,24,25). The van der Waals surface area contributed by atoms with Crippen LogP contribution in [0.25, 0.3) is 0 Å². The number of pyridine rings is 1. The van der Waals surface area contributed by atoms with Gasteiger partial charge in [-0.15, -0.1) is 0 Å². The van der Waals surface area contributed by atoms with E-state index in [0.717, 1.165) is 11.1 Å². The van der Waals surface area contributed by atoms with Crippen molar-refractivity contribution >= 4 is 29.2 Å². The molecule has 0 aliphatic carbocycles. The Hall–Kier alpha value is -2.40. The van der Waals surface area contributed by atoms with E-state index in [1.54, 1.807) is 12.1 Å². The summed E-state index contributed by atoms with van der Waals surface area (Å²) in [5.74, 6) is -1.58. The highest BCUT2D eigenvalue weighted by molar-refractivity contribution is 6.33. The van der Waals surface area contributed by atoms with Gasteiger partial charge in [-0.05, 0) is 41.2 Å². The molecule has 0 aliphatic rings. The molecular formula is C19H21ClN2O3. The summed E-state index contributed by atoms with van der Waals surface area (Å²) in [6, 6.07) is 6.49. The number of carbonyl (C=O) groups is 2. The molecule has 0 aliphatic heterocycles. The van der Waals surface area contributed by atoms with Gasteiger partial charge >= 0.3 is 5.97 Å². The van der Waals surface area contributed by atoms with Crippen LogP contribution in [0.1, 0.15) is 59.5 Å². The smallest absolute Gasteiger partial charge is 0.337 e. The summed E-state index contributed by atoms with van der Waals surface area (Å²) in [4.78, 5) is 28.1. The van der Waals surface area contributed by atoms with Gasteiger partial charge in [-0.25, -0.2) is 9.78 Å². The monoisotopic (exact) mass is 360 g/mol. The first kappa shape index (κ1) is 18.9. The summed E-state index contributed by atoms with van der Waals surface area (Å²) >= 11 is 5.98. The molecule has 0 radical (unpaired) electrons. The Bertz CT molecular complexity index is 826. The SMILES string of the molecule is CCc1c(C(C)(C)C)ccc(C(=O)O)c1NC(=O)c1cccnc1Cl. The predicted molar refractivity (Wildman–Crippen MR) is 98.7 cm³/mol. The molecule has 1 amide bonds. The van der Waals surface area contributed by atoms with E-state index >= 15 is 0 Å². The molecule has 5 nitrogen and oxygen atoms in total. The fourth-order valence-electron chi connectivity index (χ4n) is 2.77. The van der Waals surface area contributed by atoms with Gasteiger partial charge in [-0.2, -0.15) is 0 Å². The van der Waals surface area contributed by atoms with Crippen LogP contribution in [0.4, 0.5) is 5.69 Å². The number of anilines is 1. The Morgan fingerprint density at radius 2 is 1.88 bits per heavy atom. The largest absolute Gasteiger partial charge is 0.478 e. The Morgan fingerprint density at radius 3 is 2.40 bits per heavy atom. The van der Waals surface area contributed by atoms with Crippen molar-refractivity contribution in [2.24, 2.45) is 0 Å². The Morgan fingerprint density at radius 1 is 1.20 bits per heavy atom. The third kappa shape index (κ3) is 3.99. The third-order valence-electron chi connectivity index (χ3n) is 3.95. The number of nitrogens with one attached hydrogen (secondary N) is 1. The molecule has 1 aromatic carbocycles. The highest BCUT2D eigenvalue weighted by Crippen LogP contribution is 2.34. The average Bonchev–Trinajstić information content (AvgIpc) is 2.53. The number of halogens is 1. The maximum absolute atomic E-state index is 12.6. The molecule has 0 fully saturated rings. The molecule has 25 heavy (non-hydrogen) atoms. The lowest BCUT2D eigenvalue weighted by atomic mass is 9.81. The van der Waals surface area contributed by atoms with E-state index < -0.39 is 11.9 Å². The minimum absolute atomic E-state index is 0.0539. The summed E-state index contributed by atoms with van der Waals surface area (Å²) in [6.45, 7) is 8.07. The summed E-state index contributed by atoms with van der Waals surface area (Å²) in [5.41, 5.74) is 2.18. The lowest BCUT2D eigenvalue weighted by Gasteiger charge is -2.26.